The Morgan fingerprint density at radius 3 is 2.85 bits per heavy atom. The second kappa shape index (κ2) is 5.92. The van der Waals surface area contributed by atoms with Crippen molar-refractivity contribution < 1.29 is 4.42 Å². The first-order valence-electron chi connectivity index (χ1n) is 6.66. The van der Waals surface area contributed by atoms with Crippen molar-refractivity contribution in [2.75, 3.05) is 5.32 Å². The van der Waals surface area contributed by atoms with Crippen LogP contribution in [0.25, 0.3) is 10.6 Å². The molecule has 0 saturated carbocycles. The number of furan rings is 1. The summed E-state index contributed by atoms with van der Waals surface area (Å²) in [4.78, 5) is 4.33. The molecular formula is C16H16N2OS. The van der Waals surface area contributed by atoms with Crippen LogP contribution in [0.1, 0.15) is 18.4 Å². The second-order valence-electron chi connectivity index (χ2n) is 4.49. The molecule has 3 aromatic rings. The van der Waals surface area contributed by atoms with E-state index in [-0.39, 0.29) is 0 Å². The molecule has 0 radical (unpaired) electrons. The van der Waals surface area contributed by atoms with Crippen LogP contribution in [0, 0.1) is 0 Å². The van der Waals surface area contributed by atoms with E-state index in [9.17, 15) is 0 Å². The van der Waals surface area contributed by atoms with Crippen LogP contribution >= 0.6 is 11.3 Å². The number of hydrogen-bond acceptors (Lipinski definition) is 4. The van der Waals surface area contributed by atoms with Crippen molar-refractivity contribution >= 4 is 17.0 Å². The normalized spacial score (nSPS) is 10.7. The maximum Gasteiger partial charge on any atom is 0.123 e. The summed E-state index contributed by atoms with van der Waals surface area (Å²) in [7, 11) is 0. The zero-order valence-electron chi connectivity index (χ0n) is 11.3. The molecule has 1 aromatic carbocycles. The molecular weight excluding hydrogens is 268 g/mol. The third kappa shape index (κ3) is 2.91. The Morgan fingerprint density at radius 2 is 2.10 bits per heavy atom. The number of rotatable bonds is 5. The summed E-state index contributed by atoms with van der Waals surface area (Å²) in [6.07, 6.45) is 2.76. The number of hydrogen-bond donors (Lipinski definition) is 1. The Hall–Kier alpha value is -2.07. The van der Waals surface area contributed by atoms with E-state index < -0.39 is 0 Å². The lowest BCUT2D eigenvalue weighted by atomic mass is 10.2. The first-order chi connectivity index (χ1) is 9.85. The van der Waals surface area contributed by atoms with Gasteiger partial charge < -0.3 is 9.73 Å². The van der Waals surface area contributed by atoms with Crippen LogP contribution < -0.4 is 5.32 Å². The fourth-order valence-electron chi connectivity index (χ4n) is 2.02. The SMILES string of the molecule is CCc1ccc(CNc2cccc(-c3nccs3)c2)o1. The van der Waals surface area contributed by atoms with Crippen molar-refractivity contribution in [3.05, 3.63) is 59.5 Å². The first-order valence-corrected chi connectivity index (χ1v) is 7.54. The van der Waals surface area contributed by atoms with Gasteiger partial charge in [-0.2, -0.15) is 0 Å². The van der Waals surface area contributed by atoms with Crippen molar-refractivity contribution in [3.8, 4) is 10.6 Å². The van der Waals surface area contributed by atoms with Crippen LogP contribution in [0.4, 0.5) is 5.69 Å². The smallest absolute Gasteiger partial charge is 0.123 e. The van der Waals surface area contributed by atoms with Crippen LogP contribution in [-0.2, 0) is 13.0 Å². The van der Waals surface area contributed by atoms with E-state index in [0.29, 0.717) is 6.54 Å². The van der Waals surface area contributed by atoms with Gasteiger partial charge in [-0.05, 0) is 24.3 Å². The summed E-state index contributed by atoms with van der Waals surface area (Å²) >= 11 is 1.65. The van der Waals surface area contributed by atoms with Crippen LogP contribution in [-0.4, -0.2) is 4.98 Å². The lowest BCUT2D eigenvalue weighted by molar-refractivity contribution is 0.476. The minimum Gasteiger partial charge on any atom is -0.464 e. The van der Waals surface area contributed by atoms with Gasteiger partial charge in [-0.3, -0.25) is 0 Å². The molecule has 0 aliphatic heterocycles. The molecule has 2 aromatic heterocycles. The van der Waals surface area contributed by atoms with Crippen LogP contribution in [0.15, 0.2) is 52.4 Å². The summed E-state index contributed by atoms with van der Waals surface area (Å²) < 4.78 is 5.68. The van der Waals surface area contributed by atoms with E-state index in [4.69, 9.17) is 4.42 Å². The first kappa shape index (κ1) is 12.9. The largest absolute Gasteiger partial charge is 0.464 e. The number of thiazole rings is 1. The second-order valence-corrected chi connectivity index (χ2v) is 5.39. The van der Waals surface area contributed by atoms with Crippen molar-refractivity contribution in [2.24, 2.45) is 0 Å². The van der Waals surface area contributed by atoms with E-state index >= 15 is 0 Å². The predicted octanol–water partition coefficient (Wildman–Crippen LogP) is 4.58. The Bertz CT molecular complexity index is 673. The van der Waals surface area contributed by atoms with Gasteiger partial charge in [0.2, 0.25) is 0 Å². The number of aromatic nitrogens is 1. The summed E-state index contributed by atoms with van der Waals surface area (Å²) in [6.45, 7) is 2.79. The van der Waals surface area contributed by atoms with E-state index in [1.807, 2.05) is 29.8 Å². The standard InChI is InChI=1S/C16H16N2OS/c1-2-14-6-7-15(19-14)11-18-13-5-3-4-12(10-13)16-17-8-9-20-16/h3-10,18H,2,11H2,1H3. The summed E-state index contributed by atoms with van der Waals surface area (Å²) in [5, 5.41) is 6.42. The average Bonchev–Trinajstić information content (AvgIpc) is 3.17. The Labute approximate surface area is 122 Å². The lowest BCUT2D eigenvalue weighted by Gasteiger charge is -2.06. The van der Waals surface area contributed by atoms with Crippen molar-refractivity contribution in [1.29, 1.82) is 0 Å². The molecule has 0 atom stereocenters. The highest BCUT2D eigenvalue weighted by Crippen LogP contribution is 2.24. The van der Waals surface area contributed by atoms with Gasteiger partial charge in [0, 0.05) is 29.2 Å². The molecule has 4 heteroatoms. The zero-order chi connectivity index (χ0) is 13.8. The number of anilines is 1. The molecule has 0 aliphatic rings. The topological polar surface area (TPSA) is 38.1 Å². The molecule has 20 heavy (non-hydrogen) atoms. The van der Waals surface area contributed by atoms with Gasteiger partial charge in [-0.15, -0.1) is 11.3 Å². The van der Waals surface area contributed by atoms with E-state index in [1.54, 1.807) is 11.3 Å². The number of nitrogens with one attached hydrogen (secondary N) is 1. The molecule has 0 saturated heterocycles. The van der Waals surface area contributed by atoms with Crippen molar-refractivity contribution in [1.82, 2.24) is 4.98 Å². The van der Waals surface area contributed by atoms with Crippen LogP contribution in [0.2, 0.25) is 0 Å². The molecule has 0 bridgehead atoms. The summed E-state index contributed by atoms with van der Waals surface area (Å²) in [5.74, 6) is 1.99. The molecule has 2 heterocycles. The van der Waals surface area contributed by atoms with Gasteiger partial charge in [0.05, 0.1) is 6.54 Å². The highest BCUT2D eigenvalue weighted by Gasteiger charge is 2.03. The number of benzene rings is 1. The highest BCUT2D eigenvalue weighted by molar-refractivity contribution is 7.13. The van der Waals surface area contributed by atoms with Crippen LogP contribution in [0.3, 0.4) is 0 Å². The Morgan fingerprint density at radius 1 is 1.20 bits per heavy atom. The Balaban J connectivity index is 1.70. The van der Waals surface area contributed by atoms with Crippen molar-refractivity contribution in [2.45, 2.75) is 19.9 Å². The van der Waals surface area contributed by atoms with Crippen molar-refractivity contribution in [3.63, 3.8) is 0 Å². The van der Waals surface area contributed by atoms with Crippen LogP contribution in [0.5, 0.6) is 0 Å². The molecule has 3 rings (SSSR count). The van der Waals surface area contributed by atoms with E-state index in [2.05, 4.69) is 35.4 Å². The molecule has 0 spiro atoms. The maximum absolute atomic E-state index is 5.68. The molecule has 3 nitrogen and oxygen atoms in total. The zero-order valence-corrected chi connectivity index (χ0v) is 12.1. The van der Waals surface area contributed by atoms with Gasteiger partial charge in [0.25, 0.3) is 0 Å². The molecule has 0 aliphatic carbocycles. The molecule has 0 unspecified atom stereocenters. The van der Waals surface area contributed by atoms with Gasteiger partial charge in [0.1, 0.15) is 16.5 Å². The quantitative estimate of drug-likeness (QED) is 0.745. The highest BCUT2D eigenvalue weighted by atomic mass is 32.1. The van der Waals surface area contributed by atoms with E-state index in [1.165, 1.54) is 0 Å². The van der Waals surface area contributed by atoms with Gasteiger partial charge in [0.15, 0.2) is 0 Å². The summed E-state index contributed by atoms with van der Waals surface area (Å²) in [6, 6.07) is 12.3. The predicted molar refractivity (Wildman–Crippen MR) is 83.0 cm³/mol. The van der Waals surface area contributed by atoms with E-state index in [0.717, 1.165) is 34.2 Å². The number of nitrogens with zero attached hydrogens (tertiary/aromatic N) is 1. The number of aryl methyl sites for hydroxylation is 1. The van der Waals surface area contributed by atoms with Gasteiger partial charge >= 0.3 is 0 Å². The average molecular weight is 284 g/mol. The molecule has 0 fully saturated rings. The monoisotopic (exact) mass is 284 g/mol. The minimum atomic E-state index is 0.696. The Kier molecular flexibility index (Phi) is 3.83. The maximum atomic E-state index is 5.68. The lowest BCUT2D eigenvalue weighted by Crippen LogP contribution is -1.98. The minimum absolute atomic E-state index is 0.696. The van der Waals surface area contributed by atoms with Gasteiger partial charge in [-0.1, -0.05) is 19.1 Å². The fraction of sp³-hybridized carbons (Fsp3) is 0.188. The summed E-state index contributed by atoms with van der Waals surface area (Å²) in [5.41, 5.74) is 2.21. The molecule has 0 amide bonds. The fourth-order valence-corrected chi connectivity index (χ4v) is 2.66. The third-order valence-corrected chi connectivity index (χ3v) is 3.90. The third-order valence-electron chi connectivity index (χ3n) is 3.07. The molecule has 102 valence electrons. The van der Waals surface area contributed by atoms with Gasteiger partial charge in [-0.25, -0.2) is 4.98 Å². The molecule has 1 N–H and O–H groups in total.